The van der Waals surface area contributed by atoms with Crippen molar-refractivity contribution >= 4 is 5.82 Å². The summed E-state index contributed by atoms with van der Waals surface area (Å²) in [6.07, 6.45) is -2.21. The van der Waals surface area contributed by atoms with E-state index in [-0.39, 0.29) is 5.56 Å². The molecule has 0 unspecified atom stereocenters. The average molecular weight is 378 g/mol. The standard InChI is InChI=1S/C19H21F3N4O/c1-11-8-13(19(20,21)22)9-16(27)18(11)14-2-3-17(25-24-14)26-7-5-12-4-6-23-10-15(12)26/h2-3,8-9,12,15,23,27H,4-7,10H2,1H3/t12-,15-/m0/s1. The monoisotopic (exact) mass is 378 g/mol. The highest BCUT2D eigenvalue weighted by Gasteiger charge is 2.36. The van der Waals surface area contributed by atoms with Crippen LogP contribution in [0.1, 0.15) is 24.0 Å². The molecule has 2 fully saturated rings. The second kappa shape index (κ2) is 6.67. The molecule has 2 atom stereocenters. The van der Waals surface area contributed by atoms with Gasteiger partial charge in [-0.05, 0) is 62.1 Å². The van der Waals surface area contributed by atoms with E-state index in [0.29, 0.717) is 23.2 Å². The van der Waals surface area contributed by atoms with E-state index in [1.165, 1.54) is 6.92 Å². The molecular weight excluding hydrogens is 357 g/mol. The summed E-state index contributed by atoms with van der Waals surface area (Å²) in [6.45, 7) is 4.42. The van der Waals surface area contributed by atoms with Crippen molar-refractivity contribution in [2.45, 2.75) is 32.0 Å². The maximum atomic E-state index is 12.9. The number of aromatic nitrogens is 2. The number of phenolic OH excluding ortho intramolecular Hbond substituents is 1. The summed E-state index contributed by atoms with van der Waals surface area (Å²) in [7, 11) is 0. The number of aromatic hydroxyl groups is 1. The number of rotatable bonds is 2. The predicted molar refractivity (Wildman–Crippen MR) is 95.6 cm³/mol. The Morgan fingerprint density at radius 3 is 2.67 bits per heavy atom. The van der Waals surface area contributed by atoms with Crippen LogP contribution in [0.5, 0.6) is 5.75 Å². The van der Waals surface area contributed by atoms with Crippen LogP contribution in [0.3, 0.4) is 0 Å². The number of hydrogen-bond acceptors (Lipinski definition) is 5. The molecule has 27 heavy (non-hydrogen) atoms. The zero-order valence-electron chi connectivity index (χ0n) is 14.9. The number of hydrogen-bond donors (Lipinski definition) is 2. The minimum Gasteiger partial charge on any atom is -0.507 e. The second-order valence-corrected chi connectivity index (χ2v) is 7.26. The number of aryl methyl sites for hydroxylation is 1. The Hall–Kier alpha value is -2.35. The molecule has 144 valence electrons. The summed E-state index contributed by atoms with van der Waals surface area (Å²) < 4.78 is 38.7. The van der Waals surface area contributed by atoms with E-state index in [0.717, 1.165) is 50.4 Å². The van der Waals surface area contributed by atoms with Gasteiger partial charge >= 0.3 is 6.18 Å². The van der Waals surface area contributed by atoms with Gasteiger partial charge in [0, 0.05) is 24.7 Å². The lowest BCUT2D eigenvalue weighted by molar-refractivity contribution is -0.137. The molecule has 0 radical (unpaired) electrons. The van der Waals surface area contributed by atoms with Crippen LogP contribution in [-0.4, -0.2) is 41.0 Å². The van der Waals surface area contributed by atoms with E-state index in [9.17, 15) is 18.3 Å². The fourth-order valence-electron chi connectivity index (χ4n) is 4.23. The van der Waals surface area contributed by atoms with Crippen molar-refractivity contribution < 1.29 is 18.3 Å². The Balaban J connectivity index is 1.61. The van der Waals surface area contributed by atoms with E-state index in [2.05, 4.69) is 20.4 Å². The number of alkyl halides is 3. The Kier molecular flexibility index (Phi) is 4.46. The highest BCUT2D eigenvalue weighted by atomic mass is 19.4. The number of halogens is 3. The van der Waals surface area contributed by atoms with Crippen LogP contribution in [0.2, 0.25) is 0 Å². The number of anilines is 1. The van der Waals surface area contributed by atoms with Crippen molar-refractivity contribution in [2.75, 3.05) is 24.5 Å². The quantitative estimate of drug-likeness (QED) is 0.839. The van der Waals surface area contributed by atoms with Crippen molar-refractivity contribution in [3.63, 3.8) is 0 Å². The van der Waals surface area contributed by atoms with Gasteiger partial charge in [0.2, 0.25) is 0 Å². The molecule has 0 aliphatic carbocycles. The molecule has 0 bridgehead atoms. The molecule has 2 aliphatic rings. The molecule has 2 N–H and O–H groups in total. The van der Waals surface area contributed by atoms with E-state index >= 15 is 0 Å². The summed E-state index contributed by atoms with van der Waals surface area (Å²) in [4.78, 5) is 2.24. The minimum absolute atomic E-state index is 0.278. The van der Waals surface area contributed by atoms with Crippen molar-refractivity contribution in [1.29, 1.82) is 0 Å². The van der Waals surface area contributed by atoms with Crippen LogP contribution in [-0.2, 0) is 6.18 Å². The molecule has 0 amide bonds. The lowest BCUT2D eigenvalue weighted by Gasteiger charge is -2.32. The molecule has 1 aromatic heterocycles. The first-order chi connectivity index (χ1) is 12.8. The molecule has 1 aromatic carbocycles. The van der Waals surface area contributed by atoms with Crippen molar-refractivity contribution in [1.82, 2.24) is 15.5 Å². The fourth-order valence-corrected chi connectivity index (χ4v) is 4.23. The van der Waals surface area contributed by atoms with Gasteiger partial charge in [-0.3, -0.25) is 0 Å². The number of fused-ring (bicyclic) bond motifs is 1. The molecular formula is C19H21F3N4O. The van der Waals surface area contributed by atoms with E-state index < -0.39 is 17.5 Å². The molecule has 2 aromatic rings. The maximum Gasteiger partial charge on any atom is 0.416 e. The van der Waals surface area contributed by atoms with Crippen LogP contribution < -0.4 is 10.2 Å². The van der Waals surface area contributed by atoms with Gasteiger partial charge in [0.1, 0.15) is 5.75 Å². The number of piperidine rings is 1. The summed E-state index contributed by atoms with van der Waals surface area (Å²) in [5.41, 5.74) is 0.0708. The van der Waals surface area contributed by atoms with Crippen LogP contribution in [0.25, 0.3) is 11.3 Å². The molecule has 4 rings (SSSR count). The van der Waals surface area contributed by atoms with E-state index in [4.69, 9.17) is 0 Å². The maximum absolute atomic E-state index is 12.9. The fraction of sp³-hybridized carbons (Fsp3) is 0.474. The molecule has 0 saturated carbocycles. The van der Waals surface area contributed by atoms with Crippen LogP contribution in [0, 0.1) is 12.8 Å². The third-order valence-electron chi connectivity index (χ3n) is 5.57. The van der Waals surface area contributed by atoms with Crippen molar-refractivity contribution in [3.8, 4) is 17.0 Å². The molecule has 0 spiro atoms. The minimum atomic E-state index is -4.50. The second-order valence-electron chi connectivity index (χ2n) is 7.26. The molecule has 8 heteroatoms. The van der Waals surface area contributed by atoms with Gasteiger partial charge in [0.25, 0.3) is 0 Å². The van der Waals surface area contributed by atoms with Gasteiger partial charge in [-0.25, -0.2) is 0 Å². The number of phenols is 1. The number of nitrogens with one attached hydrogen (secondary N) is 1. The van der Waals surface area contributed by atoms with E-state index in [1.54, 1.807) is 6.07 Å². The van der Waals surface area contributed by atoms with Gasteiger partial charge in [-0.15, -0.1) is 10.2 Å². The van der Waals surface area contributed by atoms with Crippen molar-refractivity contribution in [3.05, 3.63) is 35.4 Å². The van der Waals surface area contributed by atoms with Gasteiger partial charge in [0.15, 0.2) is 5.82 Å². The Labute approximate surface area is 155 Å². The number of benzene rings is 1. The van der Waals surface area contributed by atoms with Crippen LogP contribution >= 0.6 is 0 Å². The van der Waals surface area contributed by atoms with Gasteiger partial charge in [0.05, 0.1) is 11.3 Å². The first-order valence-electron chi connectivity index (χ1n) is 9.07. The largest absolute Gasteiger partial charge is 0.507 e. The smallest absolute Gasteiger partial charge is 0.416 e. The first-order valence-corrected chi connectivity index (χ1v) is 9.07. The van der Waals surface area contributed by atoms with Crippen LogP contribution in [0.4, 0.5) is 19.0 Å². The lowest BCUT2D eigenvalue weighted by Crippen LogP contribution is -2.46. The molecule has 3 heterocycles. The molecule has 2 aliphatic heterocycles. The van der Waals surface area contributed by atoms with Gasteiger partial charge in [-0.2, -0.15) is 13.2 Å². The Morgan fingerprint density at radius 2 is 2.00 bits per heavy atom. The first kappa shape index (κ1) is 18.0. The molecule has 2 saturated heterocycles. The Bertz CT molecular complexity index is 815. The third kappa shape index (κ3) is 3.34. The average Bonchev–Trinajstić information content (AvgIpc) is 3.05. The zero-order valence-corrected chi connectivity index (χ0v) is 14.9. The van der Waals surface area contributed by atoms with E-state index in [1.807, 2.05) is 6.07 Å². The topological polar surface area (TPSA) is 61.3 Å². The van der Waals surface area contributed by atoms with Gasteiger partial charge in [-0.1, -0.05) is 0 Å². The zero-order chi connectivity index (χ0) is 19.2. The SMILES string of the molecule is Cc1cc(C(F)(F)F)cc(O)c1-c1ccc(N2CC[C@@H]3CCNC[C@@H]32)nn1. The van der Waals surface area contributed by atoms with Gasteiger partial charge < -0.3 is 15.3 Å². The lowest BCUT2D eigenvalue weighted by atomic mass is 9.93. The highest BCUT2D eigenvalue weighted by molar-refractivity contribution is 5.71. The molecule has 5 nitrogen and oxygen atoms in total. The summed E-state index contributed by atoms with van der Waals surface area (Å²) >= 11 is 0. The normalized spacial score (nSPS) is 22.7. The summed E-state index contributed by atoms with van der Waals surface area (Å²) in [5.74, 6) is 0.982. The predicted octanol–water partition coefficient (Wildman–Crippen LogP) is 3.36. The Morgan fingerprint density at radius 1 is 1.19 bits per heavy atom. The number of nitrogens with zero attached hydrogens (tertiary/aromatic N) is 3. The summed E-state index contributed by atoms with van der Waals surface area (Å²) in [6, 6.07) is 5.69. The third-order valence-corrected chi connectivity index (χ3v) is 5.57. The van der Waals surface area contributed by atoms with Crippen molar-refractivity contribution in [2.24, 2.45) is 5.92 Å². The highest BCUT2D eigenvalue weighted by Crippen LogP contribution is 2.39. The summed E-state index contributed by atoms with van der Waals surface area (Å²) in [5, 5.41) is 22.0. The van der Waals surface area contributed by atoms with Crippen LogP contribution in [0.15, 0.2) is 24.3 Å².